The summed E-state index contributed by atoms with van der Waals surface area (Å²) in [6.45, 7) is 4.64. The molecule has 0 atom stereocenters. The number of H-pyrrole nitrogens is 2. The number of nitrogens with one attached hydrogen (secondary N) is 3. The standard InChI is InChI=1S/C33H38N6S/c1-38-13-9-22(10-14-38)28-20-34-30-7-5-24(18-26(28)30)36-33(32-4-3-17-40-32)37-25-6-8-31-27(19-25)29(21-35-31)23-11-15-39(2)16-12-23/h3-8,17-23,34-35H,9-16H2,1-2H3,(H,36,37). The number of aliphatic imine (C=N–C) groups is 1. The summed E-state index contributed by atoms with van der Waals surface area (Å²) in [6, 6.07) is 17.5. The molecule has 0 aliphatic carbocycles. The van der Waals surface area contributed by atoms with Crippen LogP contribution in [0.15, 0.2) is 71.3 Å². The van der Waals surface area contributed by atoms with Gasteiger partial charge in [0.2, 0.25) is 0 Å². The van der Waals surface area contributed by atoms with Gasteiger partial charge in [0.05, 0.1) is 10.6 Å². The van der Waals surface area contributed by atoms with Gasteiger partial charge in [-0.15, -0.1) is 11.3 Å². The Labute approximate surface area is 240 Å². The Kier molecular flexibility index (Phi) is 6.96. The van der Waals surface area contributed by atoms with Crippen molar-refractivity contribution in [3.8, 4) is 0 Å². The van der Waals surface area contributed by atoms with Crippen molar-refractivity contribution < 1.29 is 0 Å². The van der Waals surface area contributed by atoms with Gasteiger partial charge in [-0.3, -0.25) is 0 Å². The molecule has 3 N–H and O–H groups in total. The number of amidine groups is 1. The van der Waals surface area contributed by atoms with Crippen molar-refractivity contribution in [3.05, 3.63) is 82.3 Å². The van der Waals surface area contributed by atoms with Crippen LogP contribution >= 0.6 is 11.3 Å². The number of piperidine rings is 2. The largest absolute Gasteiger partial charge is 0.361 e. The molecule has 0 bridgehead atoms. The molecule has 0 amide bonds. The van der Waals surface area contributed by atoms with Crippen molar-refractivity contribution in [1.29, 1.82) is 0 Å². The molecule has 0 spiro atoms. The molecular formula is C33H38N6S. The first-order chi connectivity index (χ1) is 19.6. The first-order valence-corrected chi connectivity index (χ1v) is 15.5. The van der Waals surface area contributed by atoms with Gasteiger partial charge in [-0.2, -0.15) is 0 Å². The first kappa shape index (κ1) is 25.6. The van der Waals surface area contributed by atoms with Crippen molar-refractivity contribution in [3.63, 3.8) is 0 Å². The van der Waals surface area contributed by atoms with Crippen LogP contribution in [0.25, 0.3) is 21.8 Å². The van der Waals surface area contributed by atoms with E-state index < -0.39 is 0 Å². The molecule has 0 unspecified atom stereocenters. The van der Waals surface area contributed by atoms with Crippen molar-refractivity contribution in [1.82, 2.24) is 19.8 Å². The molecule has 2 fully saturated rings. The lowest BCUT2D eigenvalue weighted by Gasteiger charge is -2.28. The molecule has 0 saturated carbocycles. The molecule has 5 aromatic rings. The summed E-state index contributed by atoms with van der Waals surface area (Å²) in [5, 5.41) is 8.44. The van der Waals surface area contributed by atoms with Crippen LogP contribution in [-0.4, -0.2) is 65.9 Å². The lowest BCUT2D eigenvalue weighted by molar-refractivity contribution is 0.256. The maximum absolute atomic E-state index is 5.19. The number of rotatable bonds is 5. The van der Waals surface area contributed by atoms with Crippen LogP contribution in [0.4, 0.5) is 11.4 Å². The summed E-state index contributed by atoms with van der Waals surface area (Å²) in [7, 11) is 4.45. The number of hydrogen-bond donors (Lipinski definition) is 3. The number of hydrogen-bond acceptors (Lipinski definition) is 4. The molecule has 206 valence electrons. The molecule has 2 aliphatic rings. The average molecular weight is 551 g/mol. The van der Waals surface area contributed by atoms with Crippen molar-refractivity contribution in [2.45, 2.75) is 37.5 Å². The molecule has 2 aromatic carbocycles. The van der Waals surface area contributed by atoms with Crippen molar-refractivity contribution in [2.24, 2.45) is 4.99 Å². The molecule has 7 heteroatoms. The summed E-state index contributed by atoms with van der Waals surface area (Å²) >= 11 is 1.72. The van der Waals surface area contributed by atoms with E-state index in [4.69, 9.17) is 4.99 Å². The van der Waals surface area contributed by atoms with E-state index in [0.29, 0.717) is 11.8 Å². The normalized spacial score (nSPS) is 18.7. The Morgan fingerprint density at radius 1 is 0.800 bits per heavy atom. The lowest BCUT2D eigenvalue weighted by atomic mass is 9.89. The fourth-order valence-electron chi connectivity index (χ4n) is 6.56. The molecule has 7 rings (SSSR count). The number of fused-ring (bicyclic) bond motifs is 2. The SMILES string of the molecule is CN1CCC(c2c[nH]c3ccc(N=C(Nc4ccc5[nH]cc(C6CCN(C)CC6)c5c4)c4cccs4)cc23)CC1. The quantitative estimate of drug-likeness (QED) is 0.157. The fourth-order valence-corrected chi connectivity index (χ4v) is 7.23. The minimum Gasteiger partial charge on any atom is -0.361 e. The Balaban J connectivity index is 1.21. The minimum atomic E-state index is 0.603. The van der Waals surface area contributed by atoms with Crippen LogP contribution in [0, 0.1) is 0 Å². The van der Waals surface area contributed by atoms with Gasteiger partial charge < -0.3 is 25.1 Å². The Morgan fingerprint density at radius 2 is 1.40 bits per heavy atom. The third-order valence-electron chi connectivity index (χ3n) is 8.99. The number of benzene rings is 2. The zero-order valence-electron chi connectivity index (χ0n) is 23.4. The summed E-state index contributed by atoms with van der Waals surface area (Å²) in [4.78, 5) is 18.2. The number of nitrogens with zero attached hydrogens (tertiary/aromatic N) is 3. The lowest BCUT2D eigenvalue weighted by Crippen LogP contribution is -2.29. The highest BCUT2D eigenvalue weighted by Crippen LogP contribution is 2.36. The molecule has 2 aliphatic heterocycles. The van der Waals surface area contributed by atoms with Crippen LogP contribution in [-0.2, 0) is 0 Å². The van der Waals surface area contributed by atoms with E-state index in [1.54, 1.807) is 11.3 Å². The van der Waals surface area contributed by atoms with Gasteiger partial charge in [0.15, 0.2) is 0 Å². The molecule has 5 heterocycles. The van der Waals surface area contributed by atoms with Gasteiger partial charge in [0.1, 0.15) is 5.84 Å². The highest BCUT2D eigenvalue weighted by molar-refractivity contribution is 7.12. The average Bonchev–Trinajstić information content (AvgIpc) is 3.74. The third kappa shape index (κ3) is 5.09. The summed E-state index contributed by atoms with van der Waals surface area (Å²) < 4.78 is 0. The van der Waals surface area contributed by atoms with Gasteiger partial charge in [0.25, 0.3) is 0 Å². The molecule has 2 saturated heterocycles. The second-order valence-electron chi connectivity index (χ2n) is 11.7. The number of likely N-dealkylation sites (tertiary alicyclic amines) is 2. The number of thiophene rings is 1. The van der Waals surface area contributed by atoms with Crippen molar-refractivity contribution >= 4 is 50.4 Å². The topological polar surface area (TPSA) is 62.5 Å². The van der Waals surface area contributed by atoms with Gasteiger partial charge in [0, 0.05) is 39.9 Å². The zero-order chi connectivity index (χ0) is 27.1. The summed E-state index contributed by atoms with van der Waals surface area (Å²) in [6.07, 6.45) is 9.29. The van der Waals surface area contributed by atoms with Crippen LogP contribution in [0.5, 0.6) is 0 Å². The molecule has 40 heavy (non-hydrogen) atoms. The van der Waals surface area contributed by atoms with Gasteiger partial charge in [-0.05, 0) is 137 Å². The van der Waals surface area contributed by atoms with Gasteiger partial charge in [-0.25, -0.2) is 4.99 Å². The second kappa shape index (κ2) is 10.9. The van der Waals surface area contributed by atoms with Crippen LogP contribution in [0.2, 0.25) is 0 Å². The minimum absolute atomic E-state index is 0.603. The predicted octanol–water partition coefficient (Wildman–Crippen LogP) is 7.52. The molecule has 0 radical (unpaired) electrons. The van der Waals surface area contributed by atoms with Crippen LogP contribution in [0.1, 0.15) is 53.5 Å². The summed E-state index contributed by atoms with van der Waals surface area (Å²) in [5.41, 5.74) is 7.33. The number of aromatic nitrogens is 2. The van der Waals surface area contributed by atoms with Crippen molar-refractivity contribution in [2.75, 3.05) is 45.6 Å². The maximum Gasteiger partial charge on any atom is 0.148 e. The smallest absolute Gasteiger partial charge is 0.148 e. The van der Waals surface area contributed by atoms with E-state index in [1.165, 1.54) is 58.6 Å². The van der Waals surface area contributed by atoms with Gasteiger partial charge >= 0.3 is 0 Å². The fraction of sp³-hybridized carbons (Fsp3) is 0.364. The summed E-state index contributed by atoms with van der Waals surface area (Å²) in [5.74, 6) is 2.10. The van der Waals surface area contributed by atoms with Crippen LogP contribution < -0.4 is 5.32 Å². The zero-order valence-corrected chi connectivity index (χ0v) is 24.2. The van der Waals surface area contributed by atoms with E-state index in [0.717, 1.165) is 48.3 Å². The van der Waals surface area contributed by atoms with Crippen LogP contribution in [0.3, 0.4) is 0 Å². The van der Waals surface area contributed by atoms with Gasteiger partial charge in [-0.1, -0.05) is 6.07 Å². The van der Waals surface area contributed by atoms with E-state index in [9.17, 15) is 0 Å². The monoisotopic (exact) mass is 550 g/mol. The van der Waals surface area contributed by atoms with E-state index in [1.807, 2.05) is 0 Å². The first-order valence-electron chi connectivity index (χ1n) is 14.6. The Morgan fingerprint density at radius 3 is 2.00 bits per heavy atom. The number of aromatic amines is 2. The van der Waals surface area contributed by atoms with E-state index in [-0.39, 0.29) is 0 Å². The Bertz CT molecular complexity index is 1630. The molecule has 3 aromatic heterocycles. The highest BCUT2D eigenvalue weighted by atomic mass is 32.1. The molecule has 6 nitrogen and oxygen atoms in total. The maximum atomic E-state index is 5.19. The van der Waals surface area contributed by atoms with E-state index in [2.05, 4.69) is 105 Å². The second-order valence-corrected chi connectivity index (χ2v) is 12.6. The Hall–Kier alpha value is -3.39. The third-order valence-corrected chi connectivity index (χ3v) is 9.86. The van der Waals surface area contributed by atoms with E-state index >= 15 is 0 Å². The highest BCUT2D eigenvalue weighted by Gasteiger charge is 2.22. The molecular weight excluding hydrogens is 512 g/mol. The predicted molar refractivity (Wildman–Crippen MR) is 170 cm³/mol. The number of anilines is 1.